The van der Waals surface area contributed by atoms with Crippen LogP contribution in [0.25, 0.3) is 0 Å². The Bertz CT molecular complexity index is 361. The number of cyclic esters (lactones) is 1. The molecule has 0 bridgehead atoms. The van der Waals surface area contributed by atoms with Crippen LogP contribution in [0.4, 0.5) is 0 Å². The number of esters is 1. The van der Waals surface area contributed by atoms with Gasteiger partial charge in [-0.25, -0.2) is 0 Å². The van der Waals surface area contributed by atoms with Gasteiger partial charge in [-0.15, -0.1) is 0 Å². The van der Waals surface area contributed by atoms with Crippen LogP contribution in [0, 0.1) is 11.8 Å². The molecule has 4 heteroatoms. The highest BCUT2D eigenvalue weighted by molar-refractivity contribution is 5.93. The molecule has 0 aromatic rings. The number of ether oxygens (including phenoxy) is 1. The van der Waals surface area contributed by atoms with Gasteiger partial charge in [0.25, 0.3) is 0 Å². The van der Waals surface area contributed by atoms with Crippen molar-refractivity contribution in [3.05, 3.63) is 12.2 Å². The van der Waals surface area contributed by atoms with Crippen molar-refractivity contribution in [1.82, 2.24) is 0 Å². The van der Waals surface area contributed by atoms with Gasteiger partial charge in [0.1, 0.15) is 0 Å². The average molecular weight is 252 g/mol. The lowest BCUT2D eigenvalue weighted by atomic mass is 9.75. The highest BCUT2D eigenvalue weighted by Crippen LogP contribution is 2.32. The van der Waals surface area contributed by atoms with Gasteiger partial charge in [0.15, 0.2) is 5.78 Å². The van der Waals surface area contributed by atoms with Crippen LogP contribution in [0.1, 0.15) is 39.0 Å². The second-order valence-electron chi connectivity index (χ2n) is 5.31. The van der Waals surface area contributed by atoms with Gasteiger partial charge in [0.2, 0.25) is 0 Å². The number of ketones is 1. The van der Waals surface area contributed by atoms with E-state index in [9.17, 15) is 14.7 Å². The highest BCUT2D eigenvalue weighted by Gasteiger charge is 2.36. The quantitative estimate of drug-likeness (QED) is 0.665. The van der Waals surface area contributed by atoms with E-state index in [1.54, 1.807) is 0 Å². The Kier molecular flexibility index (Phi) is 4.17. The lowest BCUT2D eigenvalue weighted by molar-refractivity contribution is -0.152. The Morgan fingerprint density at radius 2 is 2.00 bits per heavy atom. The molecule has 2 aliphatic rings. The molecule has 0 unspecified atom stereocenters. The Morgan fingerprint density at radius 1 is 1.28 bits per heavy atom. The van der Waals surface area contributed by atoms with Crippen LogP contribution in [0.2, 0.25) is 0 Å². The third-order valence-electron chi connectivity index (χ3n) is 3.89. The van der Waals surface area contributed by atoms with Crippen molar-refractivity contribution in [2.75, 3.05) is 0 Å². The van der Waals surface area contributed by atoms with Crippen molar-refractivity contribution in [3.63, 3.8) is 0 Å². The second-order valence-corrected chi connectivity index (χ2v) is 5.31. The molecule has 1 aliphatic heterocycles. The number of hydrogen-bond donors (Lipinski definition) is 1. The summed E-state index contributed by atoms with van der Waals surface area (Å²) in [4.78, 5) is 23.6. The Balaban J connectivity index is 2.15. The monoisotopic (exact) mass is 252 g/mol. The number of rotatable bonds is 0. The van der Waals surface area contributed by atoms with Crippen LogP contribution in [0.3, 0.4) is 0 Å². The predicted molar refractivity (Wildman–Crippen MR) is 65.8 cm³/mol. The van der Waals surface area contributed by atoms with Gasteiger partial charge in [-0.05, 0) is 32.3 Å². The van der Waals surface area contributed by atoms with Crippen molar-refractivity contribution in [3.8, 4) is 0 Å². The number of fused-ring (bicyclic) bond motifs is 1. The van der Waals surface area contributed by atoms with Gasteiger partial charge in [0.05, 0.1) is 18.6 Å². The lowest BCUT2D eigenvalue weighted by Crippen LogP contribution is -2.37. The van der Waals surface area contributed by atoms with E-state index >= 15 is 0 Å². The van der Waals surface area contributed by atoms with Crippen LogP contribution in [0.5, 0.6) is 0 Å². The number of aliphatic hydroxyl groups excluding tert-OH is 1. The van der Waals surface area contributed by atoms with Crippen molar-refractivity contribution < 1.29 is 19.4 Å². The summed E-state index contributed by atoms with van der Waals surface area (Å²) in [6.45, 7) is 1.89. The molecule has 0 spiro atoms. The topological polar surface area (TPSA) is 63.6 Å². The molecule has 2 rings (SSSR count). The van der Waals surface area contributed by atoms with Gasteiger partial charge in [0, 0.05) is 11.8 Å². The van der Waals surface area contributed by atoms with Crippen LogP contribution < -0.4 is 0 Å². The molecular weight excluding hydrogens is 232 g/mol. The lowest BCUT2D eigenvalue weighted by Gasteiger charge is -2.31. The molecule has 4 nitrogen and oxygen atoms in total. The summed E-state index contributed by atoms with van der Waals surface area (Å²) >= 11 is 0. The molecule has 4 atom stereocenters. The molecule has 1 fully saturated rings. The molecule has 0 amide bonds. The van der Waals surface area contributed by atoms with Gasteiger partial charge in [-0.3, -0.25) is 9.59 Å². The second kappa shape index (κ2) is 5.65. The normalized spacial score (nSPS) is 37.9. The van der Waals surface area contributed by atoms with Gasteiger partial charge >= 0.3 is 5.97 Å². The van der Waals surface area contributed by atoms with Crippen molar-refractivity contribution in [2.24, 2.45) is 11.8 Å². The van der Waals surface area contributed by atoms with Crippen molar-refractivity contribution in [1.29, 1.82) is 0 Å². The molecule has 1 heterocycles. The Hall–Kier alpha value is -1.16. The molecule has 0 radical (unpaired) electrons. The zero-order chi connectivity index (χ0) is 13.1. The van der Waals surface area contributed by atoms with Gasteiger partial charge in [-0.1, -0.05) is 12.5 Å². The molecule has 100 valence electrons. The molecule has 1 aliphatic carbocycles. The summed E-state index contributed by atoms with van der Waals surface area (Å²) in [5, 5.41) is 9.94. The van der Waals surface area contributed by atoms with E-state index in [-0.39, 0.29) is 36.1 Å². The summed E-state index contributed by atoms with van der Waals surface area (Å²) in [7, 11) is 0. The minimum absolute atomic E-state index is 0.0340. The smallest absolute Gasteiger partial charge is 0.306 e. The fourth-order valence-corrected chi connectivity index (χ4v) is 2.85. The van der Waals surface area contributed by atoms with E-state index in [0.29, 0.717) is 0 Å². The van der Waals surface area contributed by atoms with E-state index in [2.05, 4.69) is 0 Å². The first-order chi connectivity index (χ1) is 8.58. The van der Waals surface area contributed by atoms with E-state index in [4.69, 9.17) is 4.74 Å². The summed E-state index contributed by atoms with van der Waals surface area (Å²) in [5.74, 6) is -0.820. The standard InChI is InChI=1S/C14H20O4/c1-9-4-2-3-5-10-11(8-14(17)18-9)13(16)7-6-12(10)15/h6-7,9-11,13,16H,2-5,8H2,1H3/t9-,10+,11+,13+/m0/s1. The molecule has 0 aromatic heterocycles. The van der Waals surface area contributed by atoms with E-state index in [1.165, 1.54) is 12.2 Å². The molecule has 0 aromatic carbocycles. The van der Waals surface area contributed by atoms with E-state index in [0.717, 1.165) is 25.7 Å². The van der Waals surface area contributed by atoms with Crippen LogP contribution in [0.15, 0.2) is 12.2 Å². The van der Waals surface area contributed by atoms with Crippen LogP contribution in [-0.4, -0.2) is 29.1 Å². The SMILES string of the molecule is C[C@H]1CCCC[C@H]2C(=O)C=C[C@@H](O)[C@@H]2CC(=O)O1. The first kappa shape index (κ1) is 13.3. The summed E-state index contributed by atoms with van der Waals surface area (Å²) in [6.07, 6.45) is 5.78. The largest absolute Gasteiger partial charge is 0.463 e. The third kappa shape index (κ3) is 2.99. The molecule has 1 N–H and O–H groups in total. The van der Waals surface area contributed by atoms with Crippen molar-refractivity contribution in [2.45, 2.75) is 51.2 Å². The maximum absolute atomic E-state index is 11.9. The fourth-order valence-electron chi connectivity index (χ4n) is 2.85. The van der Waals surface area contributed by atoms with E-state index in [1.807, 2.05) is 6.92 Å². The highest BCUT2D eigenvalue weighted by atomic mass is 16.5. The van der Waals surface area contributed by atoms with Gasteiger partial charge < -0.3 is 9.84 Å². The maximum atomic E-state index is 11.9. The minimum atomic E-state index is -0.713. The number of allylic oxidation sites excluding steroid dienone is 1. The zero-order valence-corrected chi connectivity index (χ0v) is 10.7. The molecule has 18 heavy (non-hydrogen) atoms. The predicted octanol–water partition coefficient (Wildman–Crippen LogP) is 1.61. The molecular formula is C14H20O4. The average Bonchev–Trinajstić information content (AvgIpc) is 2.31. The van der Waals surface area contributed by atoms with Crippen LogP contribution in [-0.2, 0) is 14.3 Å². The van der Waals surface area contributed by atoms with Crippen molar-refractivity contribution >= 4 is 11.8 Å². The summed E-state index contributed by atoms with van der Waals surface area (Å²) in [6, 6.07) is 0. The maximum Gasteiger partial charge on any atom is 0.306 e. The van der Waals surface area contributed by atoms with Gasteiger partial charge in [-0.2, -0.15) is 0 Å². The van der Waals surface area contributed by atoms with Crippen LogP contribution >= 0.6 is 0 Å². The summed E-state index contributed by atoms with van der Waals surface area (Å²) < 4.78 is 5.27. The first-order valence-corrected chi connectivity index (χ1v) is 6.67. The Labute approximate surface area is 107 Å². The zero-order valence-electron chi connectivity index (χ0n) is 10.7. The number of hydrogen-bond acceptors (Lipinski definition) is 4. The molecule has 1 saturated heterocycles. The number of carbonyl (C=O) groups is 2. The van der Waals surface area contributed by atoms with E-state index < -0.39 is 6.10 Å². The first-order valence-electron chi connectivity index (χ1n) is 6.67. The Morgan fingerprint density at radius 3 is 2.78 bits per heavy atom. The third-order valence-corrected chi connectivity index (χ3v) is 3.89. The fraction of sp³-hybridized carbons (Fsp3) is 0.714. The number of carbonyl (C=O) groups excluding carboxylic acids is 2. The summed E-state index contributed by atoms with van der Waals surface area (Å²) in [5.41, 5.74) is 0. The number of aliphatic hydroxyl groups is 1. The molecule has 0 saturated carbocycles. The minimum Gasteiger partial charge on any atom is -0.463 e.